The van der Waals surface area contributed by atoms with Crippen LogP contribution in [0.15, 0.2) is 48.5 Å². The van der Waals surface area contributed by atoms with Crippen molar-refractivity contribution in [3.05, 3.63) is 64.9 Å². The minimum atomic E-state index is -0.674. The summed E-state index contributed by atoms with van der Waals surface area (Å²) in [6, 6.07) is 13.4. The Morgan fingerprint density at radius 1 is 1.29 bits per heavy atom. The summed E-state index contributed by atoms with van der Waals surface area (Å²) in [5.74, 6) is -0.124. The van der Waals surface area contributed by atoms with Crippen LogP contribution < -0.4 is 4.74 Å². The maximum atomic E-state index is 13.3. The van der Waals surface area contributed by atoms with E-state index in [-0.39, 0.29) is 17.8 Å². The Balaban J connectivity index is 1.73. The number of amides is 1. The largest absolute Gasteiger partial charge is 0.481 e. The van der Waals surface area contributed by atoms with Gasteiger partial charge in [0.15, 0.2) is 6.10 Å². The lowest BCUT2D eigenvalue weighted by molar-refractivity contribution is -0.138. The monoisotopic (exact) mass is 347 g/mol. The lowest BCUT2D eigenvalue weighted by Gasteiger charge is -2.28. The average molecular weight is 348 g/mol. The first-order chi connectivity index (χ1) is 11.5. The molecule has 126 valence electrons. The van der Waals surface area contributed by atoms with Gasteiger partial charge in [-0.2, -0.15) is 0 Å². The molecule has 0 aromatic heterocycles. The summed E-state index contributed by atoms with van der Waals surface area (Å²) >= 11 is 6.07. The molecule has 0 saturated carbocycles. The Hall–Kier alpha value is -2.07. The van der Waals surface area contributed by atoms with Crippen LogP contribution in [0.4, 0.5) is 4.39 Å². The lowest BCUT2D eigenvalue weighted by atomic mass is 10.0. The SMILES string of the molecule is CC(Oc1cccc(F)c1)C(=O)N1CCCC1c1cccc(Cl)c1. The zero-order chi connectivity index (χ0) is 17.1. The molecule has 2 aromatic rings. The molecule has 3 nitrogen and oxygen atoms in total. The van der Waals surface area contributed by atoms with E-state index in [4.69, 9.17) is 16.3 Å². The quantitative estimate of drug-likeness (QED) is 0.808. The second-order valence-corrected chi connectivity index (χ2v) is 6.40. The fraction of sp³-hybridized carbons (Fsp3) is 0.316. The lowest BCUT2D eigenvalue weighted by Crippen LogP contribution is -2.40. The Morgan fingerprint density at radius 3 is 2.83 bits per heavy atom. The molecule has 1 saturated heterocycles. The maximum absolute atomic E-state index is 13.3. The number of rotatable bonds is 4. The zero-order valence-electron chi connectivity index (χ0n) is 13.4. The smallest absolute Gasteiger partial charge is 0.263 e. The highest BCUT2D eigenvalue weighted by molar-refractivity contribution is 6.30. The van der Waals surface area contributed by atoms with Crippen molar-refractivity contribution in [2.24, 2.45) is 0 Å². The summed E-state index contributed by atoms with van der Waals surface area (Å²) in [5.41, 5.74) is 1.03. The highest BCUT2D eigenvalue weighted by atomic mass is 35.5. The second-order valence-electron chi connectivity index (χ2n) is 5.96. The van der Waals surface area contributed by atoms with Gasteiger partial charge in [0.25, 0.3) is 5.91 Å². The van der Waals surface area contributed by atoms with Gasteiger partial charge in [-0.25, -0.2) is 4.39 Å². The first-order valence-electron chi connectivity index (χ1n) is 8.03. The maximum Gasteiger partial charge on any atom is 0.263 e. The summed E-state index contributed by atoms with van der Waals surface area (Å²) in [6.07, 6.45) is 1.17. The first-order valence-corrected chi connectivity index (χ1v) is 8.40. The molecule has 1 amide bonds. The van der Waals surface area contributed by atoms with Gasteiger partial charge >= 0.3 is 0 Å². The van der Waals surface area contributed by atoms with Crippen molar-refractivity contribution in [3.63, 3.8) is 0 Å². The standard InChI is InChI=1S/C19H19ClFNO2/c1-13(24-17-8-3-7-16(21)12-17)19(23)22-10-4-9-18(22)14-5-2-6-15(20)11-14/h2-3,5-8,11-13,18H,4,9-10H2,1H3. The van der Waals surface area contributed by atoms with Crippen LogP contribution in [0.1, 0.15) is 31.4 Å². The molecule has 1 heterocycles. The van der Waals surface area contributed by atoms with Crippen molar-refractivity contribution in [3.8, 4) is 5.75 Å². The molecule has 1 aliphatic heterocycles. The summed E-state index contributed by atoms with van der Waals surface area (Å²) in [7, 11) is 0. The van der Waals surface area contributed by atoms with Gasteiger partial charge in [0.2, 0.25) is 0 Å². The molecule has 2 aromatic carbocycles. The van der Waals surface area contributed by atoms with Crippen LogP contribution in [0.25, 0.3) is 0 Å². The van der Waals surface area contributed by atoms with Crippen LogP contribution in [-0.4, -0.2) is 23.5 Å². The van der Waals surface area contributed by atoms with E-state index in [9.17, 15) is 9.18 Å². The van der Waals surface area contributed by atoms with Gasteiger partial charge < -0.3 is 9.64 Å². The molecule has 5 heteroatoms. The number of nitrogens with zero attached hydrogens (tertiary/aromatic N) is 1. The minimum absolute atomic E-state index is 0.00904. The van der Waals surface area contributed by atoms with Crippen LogP contribution in [0.5, 0.6) is 5.75 Å². The number of hydrogen-bond donors (Lipinski definition) is 0. The van der Waals surface area contributed by atoms with Crippen molar-refractivity contribution in [1.82, 2.24) is 4.90 Å². The summed E-state index contributed by atoms with van der Waals surface area (Å²) in [4.78, 5) is 14.6. The summed E-state index contributed by atoms with van der Waals surface area (Å²) in [5, 5.41) is 0.663. The van der Waals surface area contributed by atoms with Crippen LogP contribution in [0, 0.1) is 5.82 Å². The van der Waals surface area contributed by atoms with E-state index < -0.39 is 6.10 Å². The highest BCUT2D eigenvalue weighted by Crippen LogP contribution is 2.33. The molecule has 24 heavy (non-hydrogen) atoms. The molecule has 1 fully saturated rings. The van der Waals surface area contributed by atoms with Gasteiger partial charge in [-0.3, -0.25) is 4.79 Å². The molecule has 0 spiro atoms. The number of benzene rings is 2. The van der Waals surface area contributed by atoms with E-state index >= 15 is 0 Å². The third-order valence-corrected chi connectivity index (χ3v) is 4.46. The number of halogens is 2. The fourth-order valence-electron chi connectivity index (χ4n) is 3.12. The Morgan fingerprint density at radius 2 is 2.08 bits per heavy atom. The van der Waals surface area contributed by atoms with Gasteiger partial charge in [-0.05, 0) is 49.6 Å². The topological polar surface area (TPSA) is 29.5 Å². The molecule has 3 rings (SSSR count). The molecule has 1 aliphatic rings. The predicted octanol–water partition coefficient (Wildman–Crippen LogP) is 4.61. The van der Waals surface area contributed by atoms with E-state index in [1.807, 2.05) is 29.2 Å². The van der Waals surface area contributed by atoms with E-state index in [0.717, 1.165) is 18.4 Å². The van der Waals surface area contributed by atoms with Crippen LogP contribution >= 0.6 is 11.6 Å². The minimum Gasteiger partial charge on any atom is -0.481 e. The molecule has 0 N–H and O–H groups in total. The van der Waals surface area contributed by atoms with Gasteiger partial charge in [-0.15, -0.1) is 0 Å². The number of likely N-dealkylation sites (tertiary alicyclic amines) is 1. The van der Waals surface area contributed by atoms with E-state index in [1.165, 1.54) is 12.1 Å². The van der Waals surface area contributed by atoms with Crippen LogP contribution in [0.3, 0.4) is 0 Å². The molecule has 2 atom stereocenters. The van der Waals surface area contributed by atoms with Crippen molar-refractivity contribution in [1.29, 1.82) is 0 Å². The van der Waals surface area contributed by atoms with Gasteiger partial charge in [-0.1, -0.05) is 29.8 Å². The number of hydrogen-bond acceptors (Lipinski definition) is 2. The molecular weight excluding hydrogens is 329 g/mol. The van der Waals surface area contributed by atoms with Crippen LogP contribution in [0.2, 0.25) is 5.02 Å². The van der Waals surface area contributed by atoms with E-state index in [0.29, 0.717) is 17.3 Å². The van der Waals surface area contributed by atoms with E-state index in [1.54, 1.807) is 19.1 Å². The van der Waals surface area contributed by atoms with Crippen LogP contribution in [-0.2, 0) is 4.79 Å². The predicted molar refractivity (Wildman–Crippen MR) is 91.6 cm³/mol. The Bertz CT molecular complexity index is 737. The number of ether oxygens (including phenoxy) is 1. The van der Waals surface area contributed by atoms with Crippen molar-refractivity contribution >= 4 is 17.5 Å². The normalized spacial score (nSPS) is 18.5. The first kappa shape index (κ1) is 16.8. The summed E-state index contributed by atoms with van der Waals surface area (Å²) < 4.78 is 18.9. The molecule has 2 unspecified atom stereocenters. The second kappa shape index (κ2) is 7.22. The Kier molecular flexibility index (Phi) is 5.05. The van der Waals surface area contributed by atoms with Gasteiger partial charge in [0, 0.05) is 17.6 Å². The fourth-order valence-corrected chi connectivity index (χ4v) is 3.32. The highest BCUT2D eigenvalue weighted by Gasteiger charge is 2.33. The molecule has 0 aliphatic carbocycles. The average Bonchev–Trinajstić information content (AvgIpc) is 3.03. The molecular formula is C19H19ClFNO2. The molecule has 0 bridgehead atoms. The Labute approximate surface area is 146 Å². The summed E-state index contributed by atoms with van der Waals surface area (Å²) in [6.45, 7) is 2.38. The van der Waals surface area contributed by atoms with Gasteiger partial charge in [0.05, 0.1) is 6.04 Å². The third kappa shape index (κ3) is 3.70. The van der Waals surface area contributed by atoms with Crippen molar-refractivity contribution in [2.75, 3.05) is 6.54 Å². The zero-order valence-corrected chi connectivity index (χ0v) is 14.2. The van der Waals surface area contributed by atoms with Crippen molar-refractivity contribution in [2.45, 2.75) is 31.9 Å². The number of carbonyl (C=O) groups is 1. The third-order valence-electron chi connectivity index (χ3n) is 4.23. The number of carbonyl (C=O) groups excluding carboxylic acids is 1. The van der Waals surface area contributed by atoms with Gasteiger partial charge in [0.1, 0.15) is 11.6 Å². The van der Waals surface area contributed by atoms with Crippen molar-refractivity contribution < 1.29 is 13.9 Å². The van der Waals surface area contributed by atoms with E-state index in [2.05, 4.69) is 0 Å². The molecule has 0 radical (unpaired) electrons.